The third-order valence-corrected chi connectivity index (χ3v) is 5.76. The van der Waals surface area contributed by atoms with E-state index in [0.717, 1.165) is 12.0 Å². The van der Waals surface area contributed by atoms with E-state index < -0.39 is 0 Å². The summed E-state index contributed by atoms with van der Waals surface area (Å²) in [6.07, 6.45) is 0.858. The number of amides is 1. The van der Waals surface area contributed by atoms with Crippen LogP contribution >= 0.6 is 11.3 Å². The van der Waals surface area contributed by atoms with Gasteiger partial charge in [-0.05, 0) is 41.1 Å². The van der Waals surface area contributed by atoms with E-state index in [-0.39, 0.29) is 18.6 Å². The van der Waals surface area contributed by atoms with Gasteiger partial charge in [0, 0.05) is 11.4 Å². The number of carbonyl (C=O) groups is 1. The lowest BCUT2D eigenvalue weighted by Crippen LogP contribution is -2.42. The summed E-state index contributed by atoms with van der Waals surface area (Å²) in [6, 6.07) is 21.2. The minimum atomic E-state index is -0.0940. The number of carbonyl (C=O) groups excluding carboxylic acids is 1. The monoisotopic (exact) mass is 374 g/mol. The number of para-hydroxylation sites is 1. The van der Waals surface area contributed by atoms with E-state index >= 15 is 0 Å². The maximum Gasteiger partial charge on any atom is 0.261 e. The number of thiophene rings is 1. The Kier molecular flexibility index (Phi) is 4.91. The Morgan fingerprint density at radius 3 is 2.74 bits per heavy atom. The molecule has 134 valence electrons. The molecule has 0 bridgehead atoms. The number of rotatable bonds is 4. The van der Waals surface area contributed by atoms with E-state index in [1.165, 1.54) is 10.4 Å². The van der Waals surface area contributed by atoms with Gasteiger partial charge in [-0.25, -0.2) is 0 Å². The molecule has 0 unspecified atom stereocenters. The van der Waals surface area contributed by atoms with Crippen molar-refractivity contribution in [1.82, 2.24) is 4.90 Å². The second-order valence-electron chi connectivity index (χ2n) is 6.35. The van der Waals surface area contributed by atoms with Gasteiger partial charge >= 0.3 is 0 Å². The molecule has 0 saturated heterocycles. The zero-order valence-corrected chi connectivity index (χ0v) is 15.5. The molecule has 3 aromatic rings. The Balaban J connectivity index is 1.58. The number of nitriles is 1. The maximum atomic E-state index is 13.0. The molecule has 1 aliphatic heterocycles. The minimum absolute atomic E-state index is 0.0755. The Labute approximate surface area is 162 Å². The largest absolute Gasteiger partial charge is 0.482 e. The van der Waals surface area contributed by atoms with Gasteiger partial charge in [-0.3, -0.25) is 4.79 Å². The van der Waals surface area contributed by atoms with E-state index in [0.29, 0.717) is 17.9 Å². The highest BCUT2D eigenvalue weighted by Crippen LogP contribution is 2.37. The number of benzene rings is 2. The first-order valence-electron chi connectivity index (χ1n) is 8.80. The first kappa shape index (κ1) is 17.3. The van der Waals surface area contributed by atoms with Crippen LogP contribution in [-0.4, -0.2) is 24.0 Å². The summed E-state index contributed by atoms with van der Waals surface area (Å²) in [7, 11) is 0. The van der Waals surface area contributed by atoms with Crippen LogP contribution in [0.1, 0.15) is 27.6 Å². The van der Waals surface area contributed by atoms with E-state index in [1.807, 2.05) is 23.1 Å². The highest BCUT2D eigenvalue weighted by atomic mass is 32.1. The van der Waals surface area contributed by atoms with Crippen molar-refractivity contribution in [1.29, 1.82) is 5.26 Å². The Bertz CT molecular complexity index is 991. The Morgan fingerprint density at radius 2 is 1.93 bits per heavy atom. The van der Waals surface area contributed by atoms with Gasteiger partial charge in [0.25, 0.3) is 5.91 Å². The van der Waals surface area contributed by atoms with Crippen LogP contribution in [0.2, 0.25) is 0 Å². The van der Waals surface area contributed by atoms with Gasteiger partial charge in [0.2, 0.25) is 0 Å². The van der Waals surface area contributed by atoms with Crippen molar-refractivity contribution in [2.75, 3.05) is 13.2 Å². The van der Waals surface area contributed by atoms with Gasteiger partial charge in [-0.1, -0.05) is 42.5 Å². The van der Waals surface area contributed by atoms with Crippen LogP contribution in [0.15, 0.2) is 66.0 Å². The molecule has 27 heavy (non-hydrogen) atoms. The summed E-state index contributed by atoms with van der Waals surface area (Å²) in [5.74, 6) is 0.367. The van der Waals surface area contributed by atoms with Crippen LogP contribution in [0.3, 0.4) is 0 Å². The molecule has 4 rings (SSSR count). The molecule has 0 saturated carbocycles. The molecule has 0 aliphatic carbocycles. The molecule has 5 heteroatoms. The highest BCUT2D eigenvalue weighted by Gasteiger charge is 2.32. The van der Waals surface area contributed by atoms with Crippen molar-refractivity contribution < 1.29 is 9.53 Å². The second-order valence-corrected chi connectivity index (χ2v) is 7.35. The fourth-order valence-corrected chi connectivity index (χ4v) is 4.39. The summed E-state index contributed by atoms with van der Waals surface area (Å²) in [4.78, 5) is 16.2. The zero-order valence-electron chi connectivity index (χ0n) is 14.7. The zero-order chi connectivity index (χ0) is 18.6. The van der Waals surface area contributed by atoms with Crippen LogP contribution in [0.4, 0.5) is 0 Å². The summed E-state index contributed by atoms with van der Waals surface area (Å²) in [6.45, 7) is 0.580. The van der Waals surface area contributed by atoms with Crippen molar-refractivity contribution in [3.8, 4) is 11.8 Å². The van der Waals surface area contributed by atoms with Crippen LogP contribution in [-0.2, 0) is 11.2 Å². The number of fused-ring (bicyclic) bond motifs is 1. The molecule has 1 aliphatic rings. The fourth-order valence-electron chi connectivity index (χ4n) is 3.49. The molecule has 2 heterocycles. The third kappa shape index (κ3) is 3.44. The van der Waals surface area contributed by atoms with Gasteiger partial charge in [0.1, 0.15) is 11.8 Å². The number of nitrogens with zero attached hydrogens (tertiary/aromatic N) is 2. The molecule has 0 fully saturated rings. The fraction of sp³-hybridized carbons (Fsp3) is 0.182. The summed E-state index contributed by atoms with van der Waals surface area (Å²) in [5.41, 5.74) is 2.73. The van der Waals surface area contributed by atoms with Gasteiger partial charge in [0.05, 0.1) is 11.6 Å². The topological polar surface area (TPSA) is 53.3 Å². The molecule has 4 nitrogen and oxygen atoms in total. The average molecular weight is 374 g/mol. The Morgan fingerprint density at radius 1 is 1.15 bits per heavy atom. The molecule has 1 amide bonds. The van der Waals surface area contributed by atoms with E-state index in [9.17, 15) is 10.1 Å². The number of hydrogen-bond acceptors (Lipinski definition) is 4. The molecule has 2 aromatic carbocycles. The second kappa shape index (κ2) is 7.65. The van der Waals surface area contributed by atoms with Crippen LogP contribution < -0.4 is 4.74 Å². The summed E-state index contributed by atoms with van der Waals surface area (Å²) in [5, 5.41) is 11.3. The Hall–Kier alpha value is -3.10. The standard InChI is InChI=1S/C22H18N2O2S/c23-14-17-8-4-5-9-19(17)26-15-21(25)24-12-10-20-18(11-13-27-20)22(24)16-6-2-1-3-7-16/h1-9,11,13,22H,10,12,15H2/t22-/m0/s1. The van der Waals surface area contributed by atoms with Crippen LogP contribution in [0.5, 0.6) is 5.75 Å². The molecule has 1 atom stereocenters. The first-order chi connectivity index (χ1) is 13.3. The minimum Gasteiger partial charge on any atom is -0.482 e. The van der Waals surface area contributed by atoms with Gasteiger partial charge in [-0.15, -0.1) is 11.3 Å². The molecule has 0 N–H and O–H groups in total. The maximum absolute atomic E-state index is 13.0. The summed E-state index contributed by atoms with van der Waals surface area (Å²) < 4.78 is 5.69. The van der Waals surface area contributed by atoms with Crippen molar-refractivity contribution in [2.45, 2.75) is 12.5 Å². The summed E-state index contributed by atoms with van der Waals surface area (Å²) >= 11 is 1.75. The quantitative estimate of drug-likeness (QED) is 0.689. The van der Waals surface area contributed by atoms with E-state index in [2.05, 4.69) is 29.6 Å². The third-order valence-electron chi connectivity index (χ3n) is 4.76. The lowest BCUT2D eigenvalue weighted by molar-refractivity contribution is -0.135. The highest BCUT2D eigenvalue weighted by molar-refractivity contribution is 7.10. The van der Waals surface area contributed by atoms with Crippen molar-refractivity contribution in [3.63, 3.8) is 0 Å². The number of ether oxygens (including phenoxy) is 1. The molecule has 0 spiro atoms. The lowest BCUT2D eigenvalue weighted by atomic mass is 9.93. The van der Waals surface area contributed by atoms with E-state index in [1.54, 1.807) is 35.6 Å². The van der Waals surface area contributed by atoms with Crippen LogP contribution in [0, 0.1) is 11.3 Å². The number of hydrogen-bond donors (Lipinski definition) is 0. The molecule has 0 radical (unpaired) electrons. The van der Waals surface area contributed by atoms with Crippen LogP contribution in [0.25, 0.3) is 0 Å². The predicted molar refractivity (Wildman–Crippen MR) is 105 cm³/mol. The van der Waals surface area contributed by atoms with Crippen molar-refractivity contribution >= 4 is 17.2 Å². The normalized spacial score (nSPS) is 15.7. The SMILES string of the molecule is N#Cc1ccccc1OCC(=O)N1CCc2sccc2[C@@H]1c1ccccc1. The first-order valence-corrected chi connectivity index (χ1v) is 9.68. The molecular weight excluding hydrogens is 356 g/mol. The van der Waals surface area contributed by atoms with Gasteiger partial charge < -0.3 is 9.64 Å². The average Bonchev–Trinajstić information content (AvgIpc) is 3.21. The lowest BCUT2D eigenvalue weighted by Gasteiger charge is -2.36. The van der Waals surface area contributed by atoms with Gasteiger partial charge in [-0.2, -0.15) is 5.26 Å². The van der Waals surface area contributed by atoms with E-state index in [4.69, 9.17) is 4.74 Å². The molecular formula is C22H18N2O2S. The van der Waals surface area contributed by atoms with Crippen molar-refractivity contribution in [3.05, 3.63) is 87.6 Å². The van der Waals surface area contributed by atoms with Crippen molar-refractivity contribution in [2.24, 2.45) is 0 Å². The van der Waals surface area contributed by atoms with Gasteiger partial charge in [0.15, 0.2) is 6.61 Å². The smallest absolute Gasteiger partial charge is 0.261 e. The molecule has 1 aromatic heterocycles. The predicted octanol–water partition coefficient (Wildman–Crippen LogP) is 4.17.